The molecule has 0 bridgehead atoms. The van der Waals surface area contributed by atoms with Crippen LogP contribution in [0.3, 0.4) is 0 Å². The zero-order valence-corrected chi connectivity index (χ0v) is 12.4. The molecular formula is C14H21N3O2S. The van der Waals surface area contributed by atoms with E-state index in [1.807, 2.05) is 11.9 Å². The number of hydrogen-bond acceptors (Lipinski definition) is 4. The Labute approximate surface area is 124 Å². The van der Waals surface area contributed by atoms with Crippen LogP contribution in [0.25, 0.3) is 0 Å². The Morgan fingerprint density at radius 3 is 2.55 bits per heavy atom. The number of amides is 1. The third-order valence-electron chi connectivity index (χ3n) is 2.88. The van der Waals surface area contributed by atoms with Gasteiger partial charge in [-0.25, -0.2) is 0 Å². The topological polar surface area (TPSA) is 78.6 Å². The van der Waals surface area contributed by atoms with Crippen molar-refractivity contribution in [3.8, 4) is 0 Å². The molecule has 1 aromatic rings. The highest BCUT2D eigenvalue weighted by Crippen LogP contribution is 2.10. The number of carbonyl (C=O) groups excluding carboxylic acids is 1. The van der Waals surface area contributed by atoms with Crippen LogP contribution in [0.2, 0.25) is 0 Å². The molecule has 20 heavy (non-hydrogen) atoms. The van der Waals surface area contributed by atoms with Crippen LogP contribution in [0.5, 0.6) is 0 Å². The van der Waals surface area contributed by atoms with Crippen molar-refractivity contribution in [2.24, 2.45) is 5.73 Å². The molecule has 0 aromatic heterocycles. The standard InChI is InChI=1S/C14H21N3O2S/c1-17(9-10-18)8-2-3-13(19)16-12-6-4-11(5-7-12)14(15)20/h4-7,18H,2-3,8-10H2,1H3,(H2,15,20)(H,16,19). The molecule has 0 atom stereocenters. The van der Waals surface area contributed by atoms with Gasteiger partial charge in [0, 0.05) is 24.2 Å². The molecule has 5 nitrogen and oxygen atoms in total. The van der Waals surface area contributed by atoms with Gasteiger partial charge in [-0.1, -0.05) is 12.2 Å². The van der Waals surface area contributed by atoms with Crippen molar-refractivity contribution in [2.45, 2.75) is 12.8 Å². The van der Waals surface area contributed by atoms with Crippen LogP contribution in [0, 0.1) is 0 Å². The van der Waals surface area contributed by atoms with Gasteiger partial charge < -0.3 is 21.1 Å². The lowest BCUT2D eigenvalue weighted by Crippen LogP contribution is -2.24. The van der Waals surface area contributed by atoms with Gasteiger partial charge in [0.2, 0.25) is 5.91 Å². The number of hydrogen-bond donors (Lipinski definition) is 3. The zero-order chi connectivity index (χ0) is 15.0. The van der Waals surface area contributed by atoms with Crippen LogP contribution < -0.4 is 11.1 Å². The smallest absolute Gasteiger partial charge is 0.224 e. The third kappa shape index (κ3) is 6.10. The quantitative estimate of drug-likeness (QED) is 0.623. The summed E-state index contributed by atoms with van der Waals surface area (Å²) in [5.74, 6) is -0.0227. The van der Waals surface area contributed by atoms with Crippen molar-refractivity contribution in [2.75, 3.05) is 32.1 Å². The van der Waals surface area contributed by atoms with E-state index < -0.39 is 0 Å². The number of nitrogens with two attached hydrogens (primary N) is 1. The monoisotopic (exact) mass is 295 g/mol. The molecule has 6 heteroatoms. The van der Waals surface area contributed by atoms with Gasteiger partial charge in [0.15, 0.2) is 0 Å². The molecule has 0 spiro atoms. The molecule has 0 aliphatic carbocycles. The summed E-state index contributed by atoms with van der Waals surface area (Å²) in [5, 5.41) is 11.6. The predicted octanol–water partition coefficient (Wildman–Crippen LogP) is 0.964. The number of aliphatic hydroxyl groups is 1. The summed E-state index contributed by atoms with van der Waals surface area (Å²) in [6.07, 6.45) is 1.21. The molecule has 0 saturated carbocycles. The Morgan fingerprint density at radius 2 is 2.00 bits per heavy atom. The minimum absolute atomic E-state index is 0.0227. The van der Waals surface area contributed by atoms with Gasteiger partial charge in [-0.05, 0) is 44.3 Å². The van der Waals surface area contributed by atoms with Gasteiger partial charge in [-0.2, -0.15) is 0 Å². The summed E-state index contributed by atoms with van der Waals surface area (Å²) in [4.78, 5) is 14.1. The number of carbonyl (C=O) groups is 1. The van der Waals surface area contributed by atoms with E-state index in [0.29, 0.717) is 18.0 Å². The number of likely N-dealkylation sites (N-methyl/N-ethyl adjacent to an activating group) is 1. The highest BCUT2D eigenvalue weighted by atomic mass is 32.1. The molecule has 0 heterocycles. The normalized spacial score (nSPS) is 10.6. The average molecular weight is 295 g/mol. The van der Waals surface area contributed by atoms with E-state index >= 15 is 0 Å². The SMILES string of the molecule is CN(CCO)CCCC(=O)Nc1ccc(C(N)=S)cc1. The zero-order valence-electron chi connectivity index (χ0n) is 11.6. The van der Waals surface area contributed by atoms with E-state index in [-0.39, 0.29) is 12.5 Å². The predicted molar refractivity (Wildman–Crippen MR) is 84.8 cm³/mol. The summed E-state index contributed by atoms with van der Waals surface area (Å²) in [5.41, 5.74) is 7.02. The van der Waals surface area contributed by atoms with Gasteiger partial charge in [-0.15, -0.1) is 0 Å². The minimum atomic E-state index is -0.0227. The number of anilines is 1. The molecule has 0 saturated heterocycles. The fourth-order valence-electron chi connectivity index (χ4n) is 1.73. The Morgan fingerprint density at radius 1 is 1.35 bits per heavy atom. The second kappa shape index (κ2) is 8.63. The van der Waals surface area contributed by atoms with E-state index in [9.17, 15) is 4.79 Å². The highest BCUT2D eigenvalue weighted by molar-refractivity contribution is 7.80. The lowest BCUT2D eigenvalue weighted by Gasteiger charge is -2.14. The molecule has 110 valence electrons. The van der Waals surface area contributed by atoms with Crippen molar-refractivity contribution >= 4 is 28.8 Å². The number of nitrogens with one attached hydrogen (secondary N) is 1. The van der Waals surface area contributed by atoms with E-state index in [1.165, 1.54) is 0 Å². The molecule has 0 radical (unpaired) electrons. The van der Waals surface area contributed by atoms with Gasteiger partial charge in [-0.3, -0.25) is 4.79 Å². The molecule has 0 fully saturated rings. The molecule has 0 aliphatic heterocycles. The van der Waals surface area contributed by atoms with Crippen molar-refractivity contribution in [3.63, 3.8) is 0 Å². The fraction of sp³-hybridized carbons (Fsp3) is 0.429. The first-order valence-corrected chi connectivity index (χ1v) is 6.93. The molecule has 0 aliphatic rings. The lowest BCUT2D eigenvalue weighted by atomic mass is 10.2. The van der Waals surface area contributed by atoms with Crippen molar-refractivity contribution < 1.29 is 9.90 Å². The number of aliphatic hydroxyl groups excluding tert-OH is 1. The largest absolute Gasteiger partial charge is 0.395 e. The molecule has 1 aromatic carbocycles. The third-order valence-corrected chi connectivity index (χ3v) is 3.11. The maximum atomic E-state index is 11.7. The Balaban J connectivity index is 2.33. The summed E-state index contributed by atoms with van der Waals surface area (Å²) < 4.78 is 0. The van der Waals surface area contributed by atoms with Crippen LogP contribution in [-0.2, 0) is 4.79 Å². The summed E-state index contributed by atoms with van der Waals surface area (Å²) >= 11 is 4.86. The number of nitrogens with zero attached hydrogens (tertiary/aromatic N) is 1. The van der Waals surface area contributed by atoms with E-state index in [0.717, 1.165) is 24.2 Å². The number of thiocarbonyl (C=S) groups is 1. The number of benzene rings is 1. The highest BCUT2D eigenvalue weighted by Gasteiger charge is 2.04. The van der Waals surface area contributed by atoms with Crippen LogP contribution >= 0.6 is 12.2 Å². The second-order valence-corrected chi connectivity index (χ2v) is 5.06. The van der Waals surface area contributed by atoms with Gasteiger partial charge >= 0.3 is 0 Å². The second-order valence-electron chi connectivity index (χ2n) is 4.62. The average Bonchev–Trinajstić information content (AvgIpc) is 2.39. The maximum Gasteiger partial charge on any atom is 0.224 e. The summed E-state index contributed by atoms with van der Waals surface area (Å²) in [7, 11) is 1.92. The molecule has 1 rings (SSSR count). The minimum Gasteiger partial charge on any atom is -0.395 e. The van der Waals surface area contributed by atoms with Crippen LogP contribution in [0.4, 0.5) is 5.69 Å². The Hall–Kier alpha value is -1.50. The Bertz CT molecular complexity index is 448. The van der Waals surface area contributed by atoms with Crippen LogP contribution in [0.15, 0.2) is 24.3 Å². The first-order valence-electron chi connectivity index (χ1n) is 6.52. The van der Waals surface area contributed by atoms with E-state index in [2.05, 4.69) is 5.32 Å². The van der Waals surface area contributed by atoms with Crippen molar-refractivity contribution in [1.82, 2.24) is 4.90 Å². The Kier molecular flexibility index (Phi) is 7.14. The first kappa shape index (κ1) is 16.6. The molecule has 1 amide bonds. The van der Waals surface area contributed by atoms with Crippen molar-refractivity contribution in [1.29, 1.82) is 0 Å². The van der Waals surface area contributed by atoms with Crippen molar-refractivity contribution in [3.05, 3.63) is 29.8 Å². The fourth-order valence-corrected chi connectivity index (χ4v) is 1.87. The van der Waals surface area contributed by atoms with E-state index in [1.54, 1.807) is 24.3 Å². The molecule has 4 N–H and O–H groups in total. The van der Waals surface area contributed by atoms with Gasteiger partial charge in [0.05, 0.1) is 6.61 Å². The lowest BCUT2D eigenvalue weighted by molar-refractivity contribution is -0.116. The summed E-state index contributed by atoms with van der Waals surface area (Å²) in [6.45, 7) is 1.55. The number of rotatable bonds is 8. The summed E-state index contributed by atoms with van der Waals surface area (Å²) in [6, 6.07) is 7.13. The van der Waals surface area contributed by atoms with E-state index in [4.69, 9.17) is 23.1 Å². The van der Waals surface area contributed by atoms with Gasteiger partial charge in [0.1, 0.15) is 4.99 Å². The van der Waals surface area contributed by atoms with Crippen LogP contribution in [0.1, 0.15) is 18.4 Å². The van der Waals surface area contributed by atoms with Gasteiger partial charge in [0.25, 0.3) is 0 Å². The molecule has 0 unspecified atom stereocenters. The first-order chi connectivity index (χ1) is 9.52. The maximum absolute atomic E-state index is 11.7. The van der Waals surface area contributed by atoms with Crippen LogP contribution in [-0.4, -0.2) is 47.6 Å². The molecular weight excluding hydrogens is 274 g/mol.